The maximum atomic E-state index is 13.0. The van der Waals surface area contributed by atoms with E-state index in [4.69, 9.17) is 4.52 Å². The Morgan fingerprint density at radius 3 is 2.23 bits per heavy atom. The monoisotopic (exact) mass is 425 g/mol. The molecule has 0 fully saturated rings. The zero-order chi connectivity index (χ0) is 21.4. The standard InChI is InChI=1S/C26H39NO2Si/c1-4-5-6-7-8-9-10-11-15-18-23-26-24(28)19-22(20-25(26)29-27-23)30(2,3)21-16-13-12-14-17-21/h12-14,16-17,22H,4-11,15,18-20H2,1-3H3. The molecule has 0 N–H and O–H groups in total. The molecule has 4 heteroatoms. The van der Waals surface area contributed by atoms with Crippen molar-refractivity contribution < 1.29 is 9.32 Å². The number of benzene rings is 1. The van der Waals surface area contributed by atoms with E-state index in [-0.39, 0.29) is 5.78 Å². The Morgan fingerprint density at radius 1 is 0.933 bits per heavy atom. The molecule has 0 saturated heterocycles. The molecule has 0 aliphatic heterocycles. The van der Waals surface area contributed by atoms with Crippen LogP contribution in [0.4, 0.5) is 0 Å². The molecule has 0 bridgehead atoms. The summed E-state index contributed by atoms with van der Waals surface area (Å²) in [6, 6.07) is 10.7. The highest BCUT2D eigenvalue weighted by atomic mass is 28.3. The first-order valence-electron chi connectivity index (χ1n) is 12.1. The van der Waals surface area contributed by atoms with Crippen LogP contribution in [0.3, 0.4) is 0 Å². The van der Waals surface area contributed by atoms with E-state index >= 15 is 0 Å². The SMILES string of the molecule is CCCCCCCCCCCc1noc2c1C(=O)CC([Si](C)(C)c1ccccc1)C2. The van der Waals surface area contributed by atoms with Gasteiger partial charge in [-0.15, -0.1) is 0 Å². The summed E-state index contributed by atoms with van der Waals surface area (Å²) in [7, 11) is -1.74. The zero-order valence-corrected chi connectivity index (χ0v) is 20.2. The maximum Gasteiger partial charge on any atom is 0.168 e. The van der Waals surface area contributed by atoms with Crippen LogP contribution < -0.4 is 5.19 Å². The van der Waals surface area contributed by atoms with Gasteiger partial charge >= 0.3 is 0 Å². The van der Waals surface area contributed by atoms with E-state index in [9.17, 15) is 4.79 Å². The van der Waals surface area contributed by atoms with Gasteiger partial charge in [-0.2, -0.15) is 0 Å². The average molecular weight is 426 g/mol. The number of hydrogen-bond donors (Lipinski definition) is 0. The third-order valence-electron chi connectivity index (χ3n) is 7.03. The van der Waals surface area contributed by atoms with Crippen molar-refractivity contribution in [1.82, 2.24) is 5.16 Å². The molecule has 3 rings (SSSR count). The van der Waals surface area contributed by atoms with Crippen molar-refractivity contribution in [2.24, 2.45) is 0 Å². The number of hydrogen-bond acceptors (Lipinski definition) is 3. The van der Waals surface area contributed by atoms with Crippen molar-refractivity contribution in [2.75, 3.05) is 0 Å². The molecule has 2 aromatic rings. The Kier molecular flexibility index (Phi) is 8.49. The van der Waals surface area contributed by atoms with Gasteiger partial charge in [-0.05, 0) is 18.4 Å². The van der Waals surface area contributed by atoms with Crippen LogP contribution >= 0.6 is 0 Å². The van der Waals surface area contributed by atoms with Crippen LogP contribution in [0.5, 0.6) is 0 Å². The lowest BCUT2D eigenvalue weighted by Gasteiger charge is -2.34. The second-order valence-electron chi connectivity index (χ2n) is 9.62. The minimum atomic E-state index is -1.74. The molecule has 0 radical (unpaired) electrons. The number of Topliss-reactive ketones (excluding diaryl/α,β-unsaturated/α-hetero) is 1. The molecular weight excluding hydrogens is 386 g/mol. The lowest BCUT2D eigenvalue weighted by atomic mass is 9.93. The Labute approximate surface area is 183 Å². The van der Waals surface area contributed by atoms with E-state index in [2.05, 4.69) is 55.5 Å². The maximum absolute atomic E-state index is 13.0. The number of nitrogens with zero attached hydrogens (tertiary/aromatic N) is 1. The largest absolute Gasteiger partial charge is 0.360 e. The number of fused-ring (bicyclic) bond motifs is 1. The third-order valence-corrected chi connectivity index (χ3v) is 11.3. The summed E-state index contributed by atoms with van der Waals surface area (Å²) in [6.07, 6.45) is 14.1. The minimum Gasteiger partial charge on any atom is -0.360 e. The van der Waals surface area contributed by atoms with E-state index < -0.39 is 8.07 Å². The van der Waals surface area contributed by atoms with Crippen molar-refractivity contribution in [3.63, 3.8) is 0 Å². The molecule has 1 heterocycles. The highest BCUT2D eigenvalue weighted by Crippen LogP contribution is 2.37. The number of rotatable bonds is 12. The molecule has 0 spiro atoms. The van der Waals surface area contributed by atoms with Crippen LogP contribution in [0.1, 0.15) is 92.9 Å². The van der Waals surface area contributed by atoms with E-state index in [1.807, 2.05) is 0 Å². The first kappa shape index (κ1) is 23.0. The molecule has 164 valence electrons. The summed E-state index contributed by atoms with van der Waals surface area (Å²) in [5, 5.41) is 5.74. The lowest BCUT2D eigenvalue weighted by Crippen LogP contribution is -2.48. The fraction of sp³-hybridized carbons (Fsp3) is 0.615. The molecule has 0 amide bonds. The van der Waals surface area contributed by atoms with Crippen LogP contribution in [0.2, 0.25) is 18.6 Å². The molecule has 1 aliphatic rings. The fourth-order valence-electron chi connectivity index (χ4n) is 4.83. The lowest BCUT2D eigenvalue weighted by molar-refractivity contribution is 0.0967. The van der Waals surface area contributed by atoms with E-state index in [0.717, 1.165) is 36.3 Å². The Bertz CT molecular complexity index is 797. The fourth-order valence-corrected chi connectivity index (χ4v) is 7.74. The molecule has 3 nitrogen and oxygen atoms in total. The van der Waals surface area contributed by atoms with Crippen molar-refractivity contribution in [3.05, 3.63) is 47.3 Å². The molecule has 1 aromatic carbocycles. The van der Waals surface area contributed by atoms with Crippen molar-refractivity contribution in [1.29, 1.82) is 0 Å². The second-order valence-corrected chi connectivity index (χ2v) is 14.5. The Morgan fingerprint density at radius 2 is 1.57 bits per heavy atom. The molecule has 1 aliphatic carbocycles. The highest BCUT2D eigenvalue weighted by molar-refractivity contribution is 6.91. The minimum absolute atomic E-state index is 0.255. The van der Waals surface area contributed by atoms with Gasteiger partial charge < -0.3 is 4.52 Å². The van der Waals surface area contributed by atoms with Crippen LogP contribution in [0.15, 0.2) is 34.9 Å². The van der Waals surface area contributed by atoms with Crippen LogP contribution in [0, 0.1) is 0 Å². The predicted octanol–water partition coefficient (Wildman–Crippen LogP) is 6.86. The molecule has 1 aromatic heterocycles. The molecular formula is C26H39NO2Si. The number of carbonyl (C=O) groups is 1. The summed E-state index contributed by atoms with van der Waals surface area (Å²) >= 11 is 0. The number of unbranched alkanes of at least 4 members (excludes halogenated alkanes) is 8. The van der Waals surface area contributed by atoms with Crippen molar-refractivity contribution in [2.45, 2.75) is 103 Å². The summed E-state index contributed by atoms with van der Waals surface area (Å²) in [5.74, 6) is 1.10. The first-order chi connectivity index (χ1) is 14.5. The summed E-state index contributed by atoms with van der Waals surface area (Å²) < 4.78 is 5.70. The first-order valence-corrected chi connectivity index (χ1v) is 15.2. The molecule has 1 unspecified atom stereocenters. The number of ketones is 1. The normalized spacial score (nSPS) is 16.6. The topological polar surface area (TPSA) is 43.1 Å². The third kappa shape index (κ3) is 5.72. The highest BCUT2D eigenvalue weighted by Gasteiger charge is 2.41. The van der Waals surface area contributed by atoms with Gasteiger partial charge in [0.25, 0.3) is 0 Å². The van der Waals surface area contributed by atoms with Gasteiger partial charge in [-0.3, -0.25) is 4.79 Å². The van der Waals surface area contributed by atoms with Gasteiger partial charge in [0.05, 0.1) is 19.3 Å². The number of aromatic nitrogens is 1. The quantitative estimate of drug-likeness (QED) is 0.275. The van der Waals surface area contributed by atoms with Crippen LogP contribution in [-0.2, 0) is 12.8 Å². The second kappa shape index (κ2) is 11.1. The van der Waals surface area contributed by atoms with Gasteiger partial charge in [0.1, 0.15) is 5.76 Å². The summed E-state index contributed by atoms with van der Waals surface area (Å²) in [5.41, 5.74) is 2.12. The number of carbonyl (C=O) groups excluding carboxylic acids is 1. The van der Waals surface area contributed by atoms with E-state index in [1.54, 1.807) is 0 Å². The van der Waals surface area contributed by atoms with Gasteiger partial charge in [0.15, 0.2) is 5.78 Å². The zero-order valence-electron chi connectivity index (χ0n) is 19.2. The Balaban J connectivity index is 1.50. The smallest absolute Gasteiger partial charge is 0.168 e. The van der Waals surface area contributed by atoms with Gasteiger partial charge in [0, 0.05) is 12.8 Å². The molecule has 0 saturated carbocycles. The predicted molar refractivity (Wildman–Crippen MR) is 127 cm³/mol. The van der Waals surface area contributed by atoms with E-state index in [1.165, 1.54) is 56.6 Å². The van der Waals surface area contributed by atoms with Gasteiger partial charge in [0.2, 0.25) is 0 Å². The van der Waals surface area contributed by atoms with Crippen molar-refractivity contribution >= 4 is 19.0 Å². The summed E-state index contributed by atoms with van der Waals surface area (Å²) in [4.78, 5) is 13.0. The average Bonchev–Trinajstić information content (AvgIpc) is 3.17. The molecule has 1 atom stereocenters. The van der Waals surface area contributed by atoms with E-state index in [0.29, 0.717) is 12.0 Å². The van der Waals surface area contributed by atoms with Gasteiger partial charge in [-0.1, -0.05) is 112 Å². The number of aryl methyl sites for hydroxylation is 1. The molecule has 30 heavy (non-hydrogen) atoms. The Hall–Kier alpha value is -1.68. The van der Waals surface area contributed by atoms with Crippen LogP contribution in [0.25, 0.3) is 0 Å². The van der Waals surface area contributed by atoms with Gasteiger partial charge in [-0.25, -0.2) is 0 Å². The summed E-state index contributed by atoms with van der Waals surface area (Å²) in [6.45, 7) is 7.02. The van der Waals surface area contributed by atoms with Crippen LogP contribution in [-0.4, -0.2) is 19.0 Å². The van der Waals surface area contributed by atoms with Crippen molar-refractivity contribution in [3.8, 4) is 0 Å².